The van der Waals surface area contributed by atoms with Crippen LogP contribution in [0.3, 0.4) is 0 Å². The van der Waals surface area contributed by atoms with Crippen LogP contribution in [0.2, 0.25) is 0 Å². The second kappa shape index (κ2) is 12.0. The van der Waals surface area contributed by atoms with E-state index in [9.17, 15) is 4.79 Å². The highest BCUT2D eigenvalue weighted by Gasteiger charge is 2.62. The molecule has 11 atom stereocenters. The topological polar surface area (TPSA) is 63.2 Å². The molecule has 0 aromatic heterocycles. The Hall–Kier alpha value is -0.950. The van der Waals surface area contributed by atoms with Gasteiger partial charge in [0.2, 0.25) is 0 Å². The first-order valence-electron chi connectivity index (χ1n) is 16.7. The Balaban J connectivity index is 1.23. The van der Waals surface area contributed by atoms with Crippen LogP contribution in [0, 0.1) is 40.4 Å². The summed E-state index contributed by atoms with van der Waals surface area (Å²) in [4.78, 5) is 11.5. The molecule has 0 aromatic rings. The molecule has 0 amide bonds. The molecular weight excluding hydrogens is 504 g/mol. The second-order valence-electron chi connectivity index (χ2n) is 14.5. The number of fused-ring (bicyclic) bond motifs is 5. The lowest BCUT2D eigenvalue weighted by Gasteiger charge is -2.60. The molecule has 226 valence electrons. The predicted octanol–water partition coefficient (Wildman–Crippen LogP) is 7.20. The van der Waals surface area contributed by atoms with Crippen LogP contribution in [-0.2, 0) is 28.5 Å². The quantitative estimate of drug-likeness (QED) is 0.243. The lowest BCUT2D eigenvalue weighted by atomic mass is 9.46. The summed E-state index contributed by atoms with van der Waals surface area (Å²) in [5.74, 6) is 2.93. The number of allylic oxidation sites excluding steroid dienone is 1. The van der Waals surface area contributed by atoms with E-state index in [2.05, 4.69) is 26.8 Å². The third-order valence-electron chi connectivity index (χ3n) is 12.4. The molecule has 6 nitrogen and oxygen atoms in total. The van der Waals surface area contributed by atoms with Crippen LogP contribution in [0.4, 0.5) is 0 Å². The van der Waals surface area contributed by atoms with Crippen molar-refractivity contribution in [1.29, 1.82) is 0 Å². The van der Waals surface area contributed by atoms with Gasteiger partial charge < -0.3 is 23.7 Å². The van der Waals surface area contributed by atoms with E-state index in [0.29, 0.717) is 35.7 Å². The highest BCUT2D eigenvalue weighted by atomic mass is 16.7. The van der Waals surface area contributed by atoms with Crippen molar-refractivity contribution in [2.75, 3.05) is 19.8 Å². The van der Waals surface area contributed by atoms with E-state index in [4.69, 9.17) is 23.7 Å². The molecule has 2 aliphatic heterocycles. The summed E-state index contributed by atoms with van der Waals surface area (Å²) >= 11 is 0. The fourth-order valence-electron chi connectivity index (χ4n) is 10.3. The molecule has 0 aromatic carbocycles. The van der Waals surface area contributed by atoms with E-state index in [1.807, 2.05) is 0 Å². The Morgan fingerprint density at radius 2 is 1.70 bits per heavy atom. The van der Waals surface area contributed by atoms with Crippen LogP contribution in [0.1, 0.15) is 111 Å². The van der Waals surface area contributed by atoms with Crippen LogP contribution in [0.25, 0.3) is 0 Å². The highest BCUT2D eigenvalue weighted by molar-refractivity contribution is 5.65. The van der Waals surface area contributed by atoms with Gasteiger partial charge in [-0.15, -0.1) is 0 Å². The van der Waals surface area contributed by atoms with Gasteiger partial charge in [0.1, 0.15) is 0 Å². The van der Waals surface area contributed by atoms with E-state index in [-0.39, 0.29) is 36.2 Å². The van der Waals surface area contributed by atoms with E-state index in [1.165, 1.54) is 51.9 Å². The number of carbonyl (C=O) groups excluding carboxylic acids is 1. The summed E-state index contributed by atoms with van der Waals surface area (Å²) in [5, 5.41) is 0. The maximum atomic E-state index is 11.5. The number of hydrogen-bond donors (Lipinski definition) is 0. The van der Waals surface area contributed by atoms with Crippen molar-refractivity contribution in [2.45, 2.75) is 136 Å². The van der Waals surface area contributed by atoms with Gasteiger partial charge >= 0.3 is 5.97 Å². The van der Waals surface area contributed by atoms with Crippen molar-refractivity contribution in [2.24, 2.45) is 40.4 Å². The van der Waals surface area contributed by atoms with Gasteiger partial charge in [0, 0.05) is 32.0 Å². The molecular formula is C34H54O6. The zero-order valence-electron chi connectivity index (χ0n) is 25.5. The molecule has 40 heavy (non-hydrogen) atoms. The van der Waals surface area contributed by atoms with Gasteiger partial charge in [0.25, 0.3) is 0 Å². The molecule has 6 heteroatoms. The molecule has 4 unspecified atom stereocenters. The molecule has 2 heterocycles. The van der Waals surface area contributed by atoms with Crippen LogP contribution in [0.15, 0.2) is 11.6 Å². The van der Waals surface area contributed by atoms with Gasteiger partial charge in [-0.25, -0.2) is 0 Å². The Morgan fingerprint density at radius 3 is 2.38 bits per heavy atom. The zero-order chi connectivity index (χ0) is 27.9. The van der Waals surface area contributed by atoms with E-state index in [1.54, 1.807) is 5.57 Å². The highest BCUT2D eigenvalue weighted by Crippen LogP contribution is 2.67. The first kappa shape index (κ1) is 29.1. The van der Waals surface area contributed by atoms with Gasteiger partial charge in [-0.3, -0.25) is 4.79 Å². The van der Waals surface area contributed by atoms with E-state index >= 15 is 0 Å². The maximum absolute atomic E-state index is 11.5. The van der Waals surface area contributed by atoms with Crippen molar-refractivity contribution in [3.05, 3.63) is 11.6 Å². The Labute approximate surface area is 242 Å². The summed E-state index contributed by atoms with van der Waals surface area (Å²) in [5.41, 5.74) is 1.92. The number of esters is 1. The van der Waals surface area contributed by atoms with Gasteiger partial charge in [-0.1, -0.05) is 32.4 Å². The first-order valence-corrected chi connectivity index (χ1v) is 16.7. The number of carbonyl (C=O) groups is 1. The minimum absolute atomic E-state index is 0.0276. The molecule has 2 saturated heterocycles. The minimum atomic E-state index is -0.157. The summed E-state index contributed by atoms with van der Waals surface area (Å²) < 4.78 is 31.3. The number of rotatable bonds is 7. The largest absolute Gasteiger partial charge is 0.466 e. The van der Waals surface area contributed by atoms with Crippen molar-refractivity contribution < 1.29 is 28.5 Å². The average molecular weight is 559 g/mol. The maximum Gasteiger partial charge on any atom is 0.302 e. The third kappa shape index (κ3) is 5.44. The summed E-state index contributed by atoms with van der Waals surface area (Å²) in [6.45, 7) is 11.1. The van der Waals surface area contributed by atoms with E-state index in [0.717, 1.165) is 57.7 Å². The molecule has 0 radical (unpaired) electrons. The molecule has 4 aliphatic carbocycles. The lowest BCUT2D eigenvalue weighted by molar-refractivity contribution is -0.248. The Kier molecular flexibility index (Phi) is 8.72. The summed E-state index contributed by atoms with van der Waals surface area (Å²) in [6.07, 6.45) is 17.6. The van der Waals surface area contributed by atoms with Crippen LogP contribution in [-0.4, -0.2) is 50.6 Å². The Morgan fingerprint density at radius 1 is 0.975 bits per heavy atom. The van der Waals surface area contributed by atoms with Crippen LogP contribution in [0.5, 0.6) is 0 Å². The van der Waals surface area contributed by atoms with Gasteiger partial charge in [-0.2, -0.15) is 0 Å². The SMILES string of the molecule is CC(=O)OC[C@@H](C)[C@H]1CC[C@H]2[C@@H]3CC=C4CC(OC5CCCCO5)CC(OC5CCCCO5)[C@]4(C)[C@H]3CC[C@]12C. The fourth-order valence-corrected chi connectivity index (χ4v) is 10.3. The van der Waals surface area contributed by atoms with Crippen LogP contribution < -0.4 is 0 Å². The summed E-state index contributed by atoms with van der Waals surface area (Å²) in [6, 6.07) is 0. The monoisotopic (exact) mass is 558 g/mol. The summed E-state index contributed by atoms with van der Waals surface area (Å²) in [7, 11) is 0. The molecule has 5 fully saturated rings. The fraction of sp³-hybridized carbons (Fsp3) is 0.912. The van der Waals surface area contributed by atoms with Gasteiger partial charge in [-0.05, 0) is 112 Å². The average Bonchev–Trinajstić information content (AvgIpc) is 3.31. The normalized spacial score (nSPS) is 46.0. The van der Waals surface area contributed by atoms with Gasteiger partial charge in [0.05, 0.1) is 18.8 Å². The smallest absolute Gasteiger partial charge is 0.302 e. The molecule has 0 spiro atoms. The first-order chi connectivity index (χ1) is 19.3. The molecule has 0 N–H and O–H groups in total. The Bertz CT molecular complexity index is 921. The van der Waals surface area contributed by atoms with Crippen molar-refractivity contribution >= 4 is 5.97 Å². The molecule has 6 aliphatic rings. The third-order valence-corrected chi connectivity index (χ3v) is 12.4. The molecule has 3 saturated carbocycles. The number of hydrogen-bond acceptors (Lipinski definition) is 6. The van der Waals surface area contributed by atoms with Gasteiger partial charge in [0.15, 0.2) is 12.6 Å². The van der Waals surface area contributed by atoms with Crippen molar-refractivity contribution in [3.63, 3.8) is 0 Å². The lowest BCUT2D eigenvalue weighted by Crippen LogP contribution is -2.57. The zero-order valence-corrected chi connectivity index (χ0v) is 25.5. The standard InChI is InChI=1S/C34H54O6/c1-22(21-38-23(2)35)27-13-14-28-26-12-11-24-19-25(39-31-9-5-7-17-36-31)20-30(40-32-10-6-8-18-37-32)34(24,4)29(26)15-16-33(27,28)3/h11,22,25-32H,5-10,12-21H2,1-4H3/t22-,25?,26+,27-,28+,29+,30?,31?,32?,33-,34+/m1/s1. The molecule has 6 rings (SSSR count). The van der Waals surface area contributed by atoms with Crippen molar-refractivity contribution in [1.82, 2.24) is 0 Å². The van der Waals surface area contributed by atoms with E-state index < -0.39 is 0 Å². The molecule has 0 bridgehead atoms. The minimum Gasteiger partial charge on any atom is -0.466 e. The van der Waals surface area contributed by atoms with Crippen LogP contribution >= 0.6 is 0 Å². The number of ether oxygens (including phenoxy) is 5. The predicted molar refractivity (Wildman–Crippen MR) is 153 cm³/mol. The second-order valence-corrected chi connectivity index (χ2v) is 14.5. The van der Waals surface area contributed by atoms with Crippen molar-refractivity contribution in [3.8, 4) is 0 Å².